The molecule has 0 spiro atoms. The highest BCUT2D eigenvalue weighted by atomic mass is 35.5. The Bertz CT molecular complexity index is 1730. The summed E-state index contributed by atoms with van der Waals surface area (Å²) in [4.78, 5) is 3.43. The van der Waals surface area contributed by atoms with Crippen LogP contribution in [0.25, 0.3) is 52.5 Å². The van der Waals surface area contributed by atoms with E-state index in [0.29, 0.717) is 31.6 Å². The summed E-state index contributed by atoms with van der Waals surface area (Å²) in [6.45, 7) is 0. The zero-order valence-electron chi connectivity index (χ0n) is 17.3. The average molecular weight is 553 g/mol. The number of halogens is 2. The van der Waals surface area contributed by atoms with Gasteiger partial charge in [-0.2, -0.15) is 19.2 Å². The van der Waals surface area contributed by atoms with Crippen molar-refractivity contribution >= 4 is 67.1 Å². The van der Waals surface area contributed by atoms with Gasteiger partial charge in [-0.15, -0.1) is 31.7 Å². The van der Waals surface area contributed by atoms with Gasteiger partial charge in [-0.3, -0.25) is 0 Å². The predicted octanol–water partition coefficient (Wildman–Crippen LogP) is 6.72. The van der Waals surface area contributed by atoms with Crippen molar-refractivity contribution < 1.29 is 0 Å². The van der Waals surface area contributed by atoms with Crippen LogP contribution < -0.4 is 0 Å². The lowest BCUT2D eigenvalue weighted by Crippen LogP contribution is -1.91. The number of hydrogen-bond acceptors (Lipinski definition) is 9. The highest BCUT2D eigenvalue weighted by Crippen LogP contribution is 2.39. The van der Waals surface area contributed by atoms with Crippen molar-refractivity contribution in [3.8, 4) is 42.5 Å². The molecule has 0 fully saturated rings. The van der Waals surface area contributed by atoms with Crippen molar-refractivity contribution in [2.24, 2.45) is 0 Å². The molecule has 7 aromatic rings. The third-order valence-electron chi connectivity index (χ3n) is 5.24. The fraction of sp³-hybridized carbons (Fsp3) is 0. The fourth-order valence-electron chi connectivity index (χ4n) is 3.62. The molecule has 0 aliphatic heterocycles. The lowest BCUT2D eigenvalue weighted by Gasteiger charge is -1.99. The van der Waals surface area contributed by atoms with Crippen LogP contribution in [0, 0.1) is 0 Å². The van der Waals surface area contributed by atoms with Gasteiger partial charge in [0.1, 0.15) is 0 Å². The maximum atomic E-state index is 6.37. The smallest absolute Gasteiger partial charge is 0.182 e. The normalized spacial score (nSPS) is 11.7. The van der Waals surface area contributed by atoms with Gasteiger partial charge in [-0.05, 0) is 36.4 Å². The number of fused-ring (bicyclic) bond motifs is 2. The molecule has 0 radical (unpaired) electrons. The van der Waals surface area contributed by atoms with Gasteiger partial charge < -0.3 is 0 Å². The van der Waals surface area contributed by atoms with Gasteiger partial charge in [0.15, 0.2) is 21.7 Å². The Morgan fingerprint density at radius 2 is 1.00 bits per heavy atom. The molecule has 35 heavy (non-hydrogen) atoms. The van der Waals surface area contributed by atoms with Crippen LogP contribution in [0.1, 0.15) is 0 Å². The quantitative estimate of drug-likeness (QED) is 0.241. The molecule has 0 N–H and O–H groups in total. The Hall–Kier alpha value is -3.22. The molecule has 8 nitrogen and oxygen atoms in total. The van der Waals surface area contributed by atoms with Gasteiger partial charge in [0, 0.05) is 11.1 Å². The van der Waals surface area contributed by atoms with Gasteiger partial charge in [0.2, 0.25) is 9.92 Å². The SMILES string of the molecule is Clc1ccccc1-c1nnc2sc(-c3ccc(-c4nn5c(-c6ccccc6Cl)nnc5s4)s3)nn12. The number of benzene rings is 2. The molecule has 0 amide bonds. The number of thiophene rings is 1. The van der Waals surface area contributed by atoms with Crippen LogP contribution in [0.4, 0.5) is 0 Å². The second-order valence-electron chi connectivity index (χ2n) is 7.37. The number of hydrogen-bond donors (Lipinski definition) is 0. The van der Waals surface area contributed by atoms with Crippen LogP contribution in [0.3, 0.4) is 0 Å². The third-order valence-corrected chi connectivity index (χ3v) is 9.12. The summed E-state index contributed by atoms with van der Waals surface area (Å²) < 4.78 is 3.47. The summed E-state index contributed by atoms with van der Waals surface area (Å²) in [5.74, 6) is 1.23. The van der Waals surface area contributed by atoms with Crippen LogP contribution >= 0.6 is 57.2 Å². The van der Waals surface area contributed by atoms with E-state index in [1.807, 2.05) is 60.7 Å². The van der Waals surface area contributed by atoms with Gasteiger partial charge in [-0.1, -0.05) is 70.1 Å². The molecule has 5 heterocycles. The summed E-state index contributed by atoms with van der Waals surface area (Å²) in [6, 6.07) is 19.1. The van der Waals surface area contributed by atoms with Crippen molar-refractivity contribution in [2.45, 2.75) is 0 Å². The standard InChI is InChI=1S/C22H10Cl2N8S3/c23-13-7-3-1-5-11(13)17-25-27-21-31(17)29-19(34-21)15-9-10-16(33-15)20-30-32-18(26-28-22(32)35-20)12-6-2-4-8-14(12)24/h1-10H. The van der Waals surface area contributed by atoms with Crippen molar-refractivity contribution in [1.82, 2.24) is 39.6 Å². The van der Waals surface area contributed by atoms with E-state index in [1.165, 1.54) is 22.7 Å². The summed E-state index contributed by atoms with van der Waals surface area (Å²) in [5.41, 5.74) is 1.58. The zero-order chi connectivity index (χ0) is 23.5. The first-order valence-corrected chi connectivity index (χ1v) is 13.4. The van der Waals surface area contributed by atoms with E-state index < -0.39 is 0 Å². The lowest BCUT2D eigenvalue weighted by atomic mass is 10.2. The van der Waals surface area contributed by atoms with Gasteiger partial charge in [-0.25, -0.2) is 0 Å². The van der Waals surface area contributed by atoms with E-state index in [2.05, 4.69) is 20.4 Å². The van der Waals surface area contributed by atoms with E-state index in [4.69, 9.17) is 33.4 Å². The van der Waals surface area contributed by atoms with Crippen molar-refractivity contribution in [3.63, 3.8) is 0 Å². The third kappa shape index (κ3) is 3.46. The Morgan fingerprint density at radius 3 is 1.46 bits per heavy atom. The molecular formula is C22H10Cl2N8S3. The van der Waals surface area contributed by atoms with Crippen molar-refractivity contribution in [1.29, 1.82) is 0 Å². The Balaban J connectivity index is 1.25. The largest absolute Gasteiger partial charge is 0.235 e. The van der Waals surface area contributed by atoms with Gasteiger partial charge in [0.25, 0.3) is 0 Å². The summed E-state index contributed by atoms with van der Waals surface area (Å²) in [5, 5.41) is 29.6. The van der Waals surface area contributed by atoms with Crippen LogP contribution in [0.2, 0.25) is 10.0 Å². The number of rotatable bonds is 4. The molecule has 13 heteroatoms. The first-order valence-electron chi connectivity index (χ1n) is 10.2. The minimum absolute atomic E-state index is 0.606. The predicted molar refractivity (Wildman–Crippen MR) is 141 cm³/mol. The van der Waals surface area contributed by atoms with Crippen LogP contribution in [-0.4, -0.2) is 39.6 Å². The summed E-state index contributed by atoms with van der Waals surface area (Å²) in [6.07, 6.45) is 0. The zero-order valence-corrected chi connectivity index (χ0v) is 21.3. The van der Waals surface area contributed by atoms with Gasteiger partial charge >= 0.3 is 0 Å². The van der Waals surface area contributed by atoms with Crippen LogP contribution in [0.15, 0.2) is 60.7 Å². The van der Waals surface area contributed by atoms with Crippen LogP contribution in [-0.2, 0) is 0 Å². The van der Waals surface area contributed by atoms with Gasteiger partial charge in [0.05, 0.1) is 19.8 Å². The Morgan fingerprint density at radius 1 is 0.543 bits per heavy atom. The molecule has 0 unspecified atom stereocenters. The molecule has 2 aromatic carbocycles. The van der Waals surface area contributed by atoms with E-state index >= 15 is 0 Å². The fourth-order valence-corrected chi connectivity index (χ4v) is 6.85. The van der Waals surface area contributed by atoms with E-state index in [9.17, 15) is 0 Å². The topological polar surface area (TPSA) is 86.2 Å². The second kappa shape index (κ2) is 8.18. The minimum atomic E-state index is 0.606. The first kappa shape index (κ1) is 21.1. The second-order valence-corrected chi connectivity index (χ2v) is 11.2. The monoisotopic (exact) mass is 552 g/mol. The molecule has 0 aliphatic carbocycles. The Labute approximate surface area is 219 Å². The molecule has 0 atom stereocenters. The number of nitrogens with zero attached hydrogens (tertiary/aromatic N) is 8. The first-order chi connectivity index (χ1) is 17.2. The average Bonchev–Trinajstić information content (AvgIpc) is 3.65. The summed E-state index contributed by atoms with van der Waals surface area (Å²) >= 11 is 17.3. The van der Waals surface area contributed by atoms with Crippen LogP contribution in [0.5, 0.6) is 0 Å². The molecule has 0 saturated carbocycles. The number of aromatic nitrogens is 8. The molecule has 7 rings (SSSR count). The Kier molecular flexibility index (Phi) is 4.93. The minimum Gasteiger partial charge on any atom is -0.182 e. The van der Waals surface area contributed by atoms with E-state index in [1.54, 1.807) is 20.4 Å². The van der Waals surface area contributed by atoms with Crippen molar-refractivity contribution in [3.05, 3.63) is 70.7 Å². The highest BCUT2D eigenvalue weighted by molar-refractivity contribution is 7.28. The molecule has 0 bridgehead atoms. The lowest BCUT2D eigenvalue weighted by molar-refractivity contribution is 0.972. The van der Waals surface area contributed by atoms with E-state index in [-0.39, 0.29) is 0 Å². The highest BCUT2D eigenvalue weighted by Gasteiger charge is 2.20. The van der Waals surface area contributed by atoms with Crippen molar-refractivity contribution in [2.75, 3.05) is 0 Å². The molecule has 0 aliphatic rings. The molecule has 170 valence electrons. The molecule has 0 saturated heterocycles. The maximum absolute atomic E-state index is 6.37. The molecular weight excluding hydrogens is 543 g/mol. The summed E-state index contributed by atoms with van der Waals surface area (Å²) in [7, 11) is 0. The molecule has 5 aromatic heterocycles. The maximum Gasteiger partial charge on any atom is 0.235 e. The van der Waals surface area contributed by atoms with E-state index in [0.717, 1.165) is 30.9 Å².